The van der Waals surface area contributed by atoms with Gasteiger partial charge < -0.3 is 14.4 Å². The fourth-order valence-electron chi connectivity index (χ4n) is 4.16. The lowest BCUT2D eigenvalue weighted by Crippen LogP contribution is -2.54. The summed E-state index contributed by atoms with van der Waals surface area (Å²) in [6, 6.07) is 9.95. The van der Waals surface area contributed by atoms with Crippen molar-refractivity contribution in [3.63, 3.8) is 0 Å². The van der Waals surface area contributed by atoms with Gasteiger partial charge in [-0.1, -0.05) is 36.9 Å². The third-order valence-electron chi connectivity index (χ3n) is 5.77. The Morgan fingerprint density at radius 2 is 1.78 bits per heavy atom. The molecule has 0 spiro atoms. The molecule has 0 saturated carbocycles. The fourth-order valence-corrected chi connectivity index (χ4v) is 4.16. The molecule has 0 aliphatic carbocycles. The summed E-state index contributed by atoms with van der Waals surface area (Å²) in [5.74, 6) is 0.862. The molecule has 0 radical (unpaired) electrons. The lowest BCUT2D eigenvalue weighted by atomic mass is 9.71. The molecule has 1 aromatic heterocycles. The highest BCUT2D eigenvalue weighted by atomic mass is 16.2. The Morgan fingerprint density at radius 1 is 1.04 bits per heavy atom. The fraction of sp³-hybridized carbons (Fsp3) is 0.400. The van der Waals surface area contributed by atoms with Crippen molar-refractivity contribution in [2.75, 3.05) is 19.6 Å². The number of rotatable bonds is 3. The number of amides is 2. The van der Waals surface area contributed by atoms with Crippen LogP contribution in [0.3, 0.4) is 0 Å². The monoisotopic (exact) mass is 365 g/mol. The number of piperidine rings is 1. The molecule has 140 valence electrons. The van der Waals surface area contributed by atoms with Crippen molar-refractivity contribution in [1.29, 1.82) is 0 Å². The van der Waals surface area contributed by atoms with Crippen molar-refractivity contribution in [3.8, 4) is 0 Å². The minimum atomic E-state index is -0.610. The molecule has 0 unspecified atom stereocenters. The second-order valence-corrected chi connectivity index (χ2v) is 7.14. The summed E-state index contributed by atoms with van der Waals surface area (Å²) in [5.41, 5.74) is 0.411. The molecule has 27 heavy (non-hydrogen) atoms. The number of likely N-dealkylation sites (tertiary alicyclic amines) is 1. The third kappa shape index (κ3) is 3.03. The second-order valence-electron chi connectivity index (χ2n) is 7.14. The van der Waals surface area contributed by atoms with E-state index >= 15 is 0 Å². The van der Waals surface area contributed by atoms with E-state index in [1.807, 2.05) is 39.8 Å². The van der Waals surface area contributed by atoms with Crippen LogP contribution in [-0.4, -0.2) is 56.0 Å². The van der Waals surface area contributed by atoms with E-state index in [-0.39, 0.29) is 11.8 Å². The second kappa shape index (κ2) is 6.98. The first-order valence-electron chi connectivity index (χ1n) is 9.27. The molecule has 0 bridgehead atoms. The van der Waals surface area contributed by atoms with Crippen molar-refractivity contribution in [2.45, 2.75) is 31.3 Å². The van der Waals surface area contributed by atoms with Crippen LogP contribution in [0.4, 0.5) is 0 Å². The largest absolute Gasteiger partial charge is 0.339 e. The van der Waals surface area contributed by atoms with Crippen LogP contribution in [0.2, 0.25) is 0 Å². The van der Waals surface area contributed by atoms with E-state index in [1.54, 1.807) is 11.2 Å². The highest BCUT2D eigenvalue weighted by Gasteiger charge is 2.46. The van der Waals surface area contributed by atoms with Crippen LogP contribution in [0.25, 0.3) is 0 Å². The maximum Gasteiger partial charge on any atom is 0.245 e. The Balaban J connectivity index is 1.62. The predicted molar refractivity (Wildman–Crippen MR) is 99.6 cm³/mol. The predicted octanol–water partition coefficient (Wildman–Crippen LogP) is 1.37. The molecule has 7 heteroatoms. The van der Waals surface area contributed by atoms with E-state index in [0.717, 1.165) is 11.4 Å². The zero-order valence-electron chi connectivity index (χ0n) is 15.3. The Labute approximate surface area is 158 Å². The van der Waals surface area contributed by atoms with E-state index in [4.69, 9.17) is 0 Å². The summed E-state index contributed by atoms with van der Waals surface area (Å²) in [5, 5.41) is 8.08. The highest BCUT2D eigenvalue weighted by Crippen LogP contribution is 2.38. The van der Waals surface area contributed by atoms with E-state index in [0.29, 0.717) is 45.6 Å². The van der Waals surface area contributed by atoms with Gasteiger partial charge >= 0.3 is 0 Å². The summed E-state index contributed by atoms with van der Waals surface area (Å²) in [6.07, 6.45) is 4.27. The number of fused-ring (bicyclic) bond motifs is 1. The van der Waals surface area contributed by atoms with Gasteiger partial charge in [0.1, 0.15) is 6.33 Å². The van der Waals surface area contributed by atoms with Crippen LogP contribution in [0.5, 0.6) is 0 Å². The number of aromatic nitrogens is 3. The Bertz CT molecular complexity index is 852. The summed E-state index contributed by atoms with van der Waals surface area (Å²) < 4.78 is 1.99. The van der Waals surface area contributed by atoms with Gasteiger partial charge in [-0.15, -0.1) is 10.2 Å². The Hall–Kier alpha value is -2.96. The molecule has 1 fully saturated rings. The molecule has 0 atom stereocenters. The first-order chi connectivity index (χ1) is 13.1. The molecule has 4 rings (SSSR count). The van der Waals surface area contributed by atoms with Crippen LogP contribution >= 0.6 is 0 Å². The summed E-state index contributed by atoms with van der Waals surface area (Å²) in [4.78, 5) is 29.3. The van der Waals surface area contributed by atoms with Gasteiger partial charge in [0, 0.05) is 26.2 Å². The molecule has 2 amide bonds. The molecule has 2 aromatic rings. The standard InChI is InChI=1S/C20H23N5O2/c1-2-18(26)23-10-8-20(9-11-23,16-6-4-3-5-7-16)19(27)24-12-13-25-15-21-22-17(25)14-24/h2-7,15H,1,8-14H2. The highest BCUT2D eigenvalue weighted by molar-refractivity contribution is 5.90. The van der Waals surface area contributed by atoms with Gasteiger partial charge in [-0.2, -0.15) is 0 Å². The number of hydrogen-bond acceptors (Lipinski definition) is 4. The lowest BCUT2D eigenvalue weighted by Gasteiger charge is -2.44. The normalized spacial score (nSPS) is 18.7. The SMILES string of the molecule is C=CC(=O)N1CCC(C(=O)N2CCn3cnnc3C2)(c2ccccc2)CC1. The number of carbonyl (C=O) groups is 2. The zero-order valence-corrected chi connectivity index (χ0v) is 15.3. The first-order valence-corrected chi connectivity index (χ1v) is 9.27. The number of nitrogens with zero attached hydrogens (tertiary/aromatic N) is 5. The van der Waals surface area contributed by atoms with Gasteiger partial charge in [-0.25, -0.2) is 0 Å². The van der Waals surface area contributed by atoms with Gasteiger partial charge in [-0.05, 0) is 24.5 Å². The quantitative estimate of drug-likeness (QED) is 0.770. The third-order valence-corrected chi connectivity index (χ3v) is 5.77. The smallest absolute Gasteiger partial charge is 0.245 e. The van der Waals surface area contributed by atoms with Crippen LogP contribution in [0, 0.1) is 0 Å². The van der Waals surface area contributed by atoms with E-state index in [1.165, 1.54) is 6.08 Å². The molecular weight excluding hydrogens is 342 g/mol. The first kappa shape index (κ1) is 17.5. The molecule has 1 aromatic carbocycles. The van der Waals surface area contributed by atoms with Crippen molar-refractivity contribution in [3.05, 3.63) is 60.7 Å². The Kier molecular flexibility index (Phi) is 4.51. The molecule has 3 heterocycles. The van der Waals surface area contributed by atoms with E-state index in [9.17, 15) is 9.59 Å². The van der Waals surface area contributed by atoms with Crippen LogP contribution < -0.4 is 0 Å². The number of carbonyl (C=O) groups excluding carboxylic acids is 2. The van der Waals surface area contributed by atoms with Crippen molar-refractivity contribution in [1.82, 2.24) is 24.6 Å². The van der Waals surface area contributed by atoms with Gasteiger partial charge in [0.25, 0.3) is 0 Å². The minimum absolute atomic E-state index is 0.0739. The van der Waals surface area contributed by atoms with E-state index in [2.05, 4.69) is 16.8 Å². The topological polar surface area (TPSA) is 71.3 Å². The molecule has 2 aliphatic rings. The van der Waals surface area contributed by atoms with Crippen LogP contribution in [-0.2, 0) is 28.1 Å². The van der Waals surface area contributed by atoms with Gasteiger partial charge in [0.2, 0.25) is 11.8 Å². The van der Waals surface area contributed by atoms with Crippen molar-refractivity contribution >= 4 is 11.8 Å². The maximum absolute atomic E-state index is 13.7. The maximum atomic E-state index is 13.7. The zero-order chi connectivity index (χ0) is 18.9. The Morgan fingerprint density at radius 3 is 2.48 bits per heavy atom. The average Bonchev–Trinajstić information content (AvgIpc) is 3.21. The number of hydrogen-bond donors (Lipinski definition) is 0. The van der Waals surface area contributed by atoms with Crippen LogP contribution in [0.1, 0.15) is 24.2 Å². The minimum Gasteiger partial charge on any atom is -0.339 e. The molecule has 2 aliphatic heterocycles. The van der Waals surface area contributed by atoms with E-state index < -0.39 is 5.41 Å². The van der Waals surface area contributed by atoms with Gasteiger partial charge in [0.05, 0.1) is 12.0 Å². The van der Waals surface area contributed by atoms with Crippen molar-refractivity contribution in [2.24, 2.45) is 0 Å². The molecule has 7 nitrogen and oxygen atoms in total. The molecular formula is C20H23N5O2. The van der Waals surface area contributed by atoms with Gasteiger partial charge in [0.15, 0.2) is 5.82 Å². The summed E-state index contributed by atoms with van der Waals surface area (Å²) >= 11 is 0. The lowest BCUT2D eigenvalue weighted by molar-refractivity contribution is -0.143. The molecule has 1 saturated heterocycles. The summed E-state index contributed by atoms with van der Waals surface area (Å²) in [6.45, 7) is 6.51. The summed E-state index contributed by atoms with van der Waals surface area (Å²) in [7, 11) is 0. The average molecular weight is 365 g/mol. The van der Waals surface area contributed by atoms with Crippen molar-refractivity contribution < 1.29 is 9.59 Å². The molecule has 0 N–H and O–H groups in total. The van der Waals surface area contributed by atoms with Gasteiger partial charge in [-0.3, -0.25) is 9.59 Å². The number of benzene rings is 1. The van der Waals surface area contributed by atoms with Crippen LogP contribution in [0.15, 0.2) is 49.3 Å².